The zero-order chi connectivity index (χ0) is 62.1. The topological polar surface area (TPSA) is 412 Å². The van der Waals surface area contributed by atoms with Crippen LogP contribution >= 0.6 is 0 Å². The van der Waals surface area contributed by atoms with Gasteiger partial charge in [0.2, 0.25) is 47.3 Å². The number of fused-ring (bicyclic) bond motifs is 5. The number of ketones is 2. The molecular formula is C57H80N10O17S. The number of primary amides is 1. The van der Waals surface area contributed by atoms with Crippen molar-refractivity contribution in [1.82, 2.24) is 46.7 Å². The molecule has 1 fully saturated rings. The van der Waals surface area contributed by atoms with Crippen LogP contribution in [0.1, 0.15) is 116 Å². The summed E-state index contributed by atoms with van der Waals surface area (Å²) in [5, 5.41) is 47.2. The van der Waals surface area contributed by atoms with Gasteiger partial charge < -0.3 is 67.6 Å². The average molecular weight is 1210 g/mol. The first kappa shape index (κ1) is 66.7. The molecule has 1 aromatic carbocycles. The fourth-order valence-electron chi connectivity index (χ4n) is 10.7. The number of rotatable bonds is 22. The number of benzene rings is 1. The summed E-state index contributed by atoms with van der Waals surface area (Å²) in [7, 11) is -2.37. The number of aromatic amines is 1. The number of imide groups is 1. The van der Waals surface area contributed by atoms with Crippen LogP contribution in [0.5, 0.6) is 5.75 Å². The Bertz CT molecular complexity index is 2880. The minimum atomic E-state index is -2.37. The fourth-order valence-corrected chi connectivity index (χ4v) is 12.2. The van der Waals surface area contributed by atoms with E-state index in [9.17, 15) is 72.9 Å². The van der Waals surface area contributed by atoms with Gasteiger partial charge in [-0.3, -0.25) is 66.6 Å². The van der Waals surface area contributed by atoms with Gasteiger partial charge in [0.15, 0.2) is 5.78 Å². The van der Waals surface area contributed by atoms with Gasteiger partial charge in [-0.15, -0.1) is 0 Å². The van der Waals surface area contributed by atoms with E-state index in [0.29, 0.717) is 61.7 Å². The van der Waals surface area contributed by atoms with Gasteiger partial charge >= 0.3 is 0 Å². The molecule has 4 aliphatic heterocycles. The molecule has 0 spiro atoms. The van der Waals surface area contributed by atoms with E-state index >= 15 is 4.21 Å². The first-order valence-corrected chi connectivity index (χ1v) is 30.4. The quantitative estimate of drug-likeness (QED) is 0.0459. The number of nitrogens with one attached hydrogen (secondary N) is 7. The summed E-state index contributed by atoms with van der Waals surface area (Å²) in [4.78, 5) is 167. The number of Topliss-reactive ketones (excluding diaryl/α,β-unsaturated/α-hetero) is 2. The van der Waals surface area contributed by atoms with Crippen molar-refractivity contribution in [2.75, 3.05) is 45.1 Å². The van der Waals surface area contributed by atoms with E-state index in [4.69, 9.17) is 10.5 Å². The highest BCUT2D eigenvalue weighted by Crippen LogP contribution is 2.31. The molecule has 1 aromatic heterocycles. The monoisotopic (exact) mass is 1210 g/mol. The number of H-pyrrole nitrogens is 1. The molecule has 28 heteroatoms. The Balaban J connectivity index is 1.30. The number of nitrogens with zero attached hydrogens (tertiary/aromatic N) is 2. The summed E-state index contributed by atoms with van der Waals surface area (Å²) in [6, 6.07) is -3.18. The number of nitrogens with two attached hydrogens (primary N) is 1. The molecule has 11 atom stereocenters. The van der Waals surface area contributed by atoms with Crippen molar-refractivity contribution in [3.05, 3.63) is 35.9 Å². The number of amides is 10. The lowest BCUT2D eigenvalue weighted by atomic mass is 9.93. The van der Waals surface area contributed by atoms with Crippen molar-refractivity contribution in [2.45, 2.75) is 165 Å². The summed E-state index contributed by atoms with van der Waals surface area (Å²) < 4.78 is 21.2. The second-order valence-electron chi connectivity index (χ2n) is 22.3. The third-order valence-corrected chi connectivity index (χ3v) is 17.4. The van der Waals surface area contributed by atoms with E-state index in [1.54, 1.807) is 32.0 Å². The van der Waals surface area contributed by atoms with Gasteiger partial charge in [0.25, 0.3) is 11.8 Å². The number of aliphatic hydroxyl groups is 3. The predicted molar refractivity (Wildman–Crippen MR) is 304 cm³/mol. The molecule has 5 heterocycles. The number of carbonyl (C=O) groups is 12. The predicted octanol–water partition coefficient (Wildman–Crippen LogP) is -1.76. The number of carbonyl (C=O) groups excluding carboxylic acids is 12. The summed E-state index contributed by atoms with van der Waals surface area (Å²) in [6.45, 7) is 2.45. The van der Waals surface area contributed by atoms with Crippen molar-refractivity contribution >= 4 is 92.3 Å². The number of hydrogen-bond acceptors (Lipinski definition) is 17. The first-order chi connectivity index (χ1) is 40.5. The standard InChI is InChI=1S/C57H80N10O17S/c1-4-31(2)50-54(80)60-26-46(74)61-41-30-85(83)56-38(37-16-15-36(24-39(37)63-56)84-20-12-7-5-6-9-13-34(69)14-10-8-11-19-66-48(76)17-18-49(66)77)25-40(52(78)59-27-47(75)64-50)62-55(81)51(32(3)44(72)29-68)65-53(79)42-23-35(70)28-67(42)57(82)33(21-43(41)71)22-45(58)73/h15-18,24,31-33,35,40-42,44,50-51,63,68,70,72H,4-14,19-23,25-30H2,1-3H3,(H2,58,73)(H,59,78)(H,60,80)(H,61,74)(H,62,81)(H,64,75)(H,65,79)/t31-,32-,33-,35+,40+,41-,42-,44-,50-,51-,85?/m0/s1. The van der Waals surface area contributed by atoms with Crippen LogP contribution in [0.3, 0.4) is 0 Å². The maximum absolute atomic E-state index is 15.1. The molecule has 2 bridgehead atoms. The lowest BCUT2D eigenvalue weighted by Gasteiger charge is -2.32. The molecule has 0 radical (unpaired) electrons. The molecule has 1 saturated heterocycles. The fraction of sp³-hybridized carbons (Fsp3) is 0.614. The van der Waals surface area contributed by atoms with Gasteiger partial charge in [0, 0.05) is 81.1 Å². The number of aliphatic hydroxyl groups excluding tert-OH is 3. The Morgan fingerprint density at radius 2 is 1.42 bits per heavy atom. The van der Waals surface area contributed by atoms with E-state index in [-0.39, 0.29) is 34.8 Å². The first-order valence-electron chi connectivity index (χ1n) is 29.0. The molecular weight excluding hydrogens is 1130 g/mol. The zero-order valence-electron chi connectivity index (χ0n) is 48.2. The van der Waals surface area contributed by atoms with E-state index < -0.39 is 182 Å². The number of unbranched alkanes of at least 4 members (excludes halogenated alkanes) is 6. The third-order valence-electron chi connectivity index (χ3n) is 15.9. The molecule has 27 nitrogen and oxygen atoms in total. The van der Waals surface area contributed by atoms with Gasteiger partial charge in [-0.05, 0) is 49.3 Å². The highest BCUT2D eigenvalue weighted by atomic mass is 32.2. The Morgan fingerprint density at radius 3 is 2.09 bits per heavy atom. The van der Waals surface area contributed by atoms with Gasteiger partial charge in [-0.1, -0.05) is 52.9 Å². The Hall–Kier alpha value is -7.43. The van der Waals surface area contributed by atoms with Crippen LogP contribution in [-0.2, 0) is 74.8 Å². The smallest absolute Gasteiger partial charge is 0.253 e. The number of aromatic nitrogens is 1. The molecule has 0 aliphatic carbocycles. The highest BCUT2D eigenvalue weighted by molar-refractivity contribution is 7.85. The van der Waals surface area contributed by atoms with Crippen LogP contribution in [0.25, 0.3) is 10.9 Å². The highest BCUT2D eigenvalue weighted by Gasteiger charge is 2.45. The second kappa shape index (κ2) is 31.6. The van der Waals surface area contributed by atoms with Gasteiger partial charge in [-0.25, -0.2) is 0 Å². The van der Waals surface area contributed by atoms with Gasteiger partial charge in [-0.2, -0.15) is 0 Å². The molecule has 85 heavy (non-hydrogen) atoms. The molecule has 10 amide bonds. The molecule has 4 aliphatic rings. The van der Waals surface area contributed by atoms with Crippen molar-refractivity contribution in [3.8, 4) is 5.75 Å². The van der Waals surface area contributed by atoms with E-state index in [2.05, 4.69) is 36.9 Å². The van der Waals surface area contributed by atoms with Crippen molar-refractivity contribution in [1.29, 1.82) is 0 Å². The van der Waals surface area contributed by atoms with E-state index in [1.807, 2.05) is 0 Å². The Morgan fingerprint density at radius 1 is 0.776 bits per heavy atom. The number of hydrogen-bond donors (Lipinski definition) is 11. The normalized spacial score (nSPS) is 25.2. The maximum atomic E-state index is 15.1. The lowest BCUT2D eigenvalue weighted by molar-refractivity contribution is -0.145. The summed E-state index contributed by atoms with van der Waals surface area (Å²) in [5.74, 6) is -13.0. The summed E-state index contributed by atoms with van der Waals surface area (Å²) in [5.41, 5.74) is 6.05. The Kier molecular flexibility index (Phi) is 24.8. The molecule has 1 unspecified atom stereocenters. The van der Waals surface area contributed by atoms with Crippen molar-refractivity contribution in [2.24, 2.45) is 23.5 Å². The molecule has 0 saturated carbocycles. The van der Waals surface area contributed by atoms with Crippen LogP contribution in [0.4, 0.5) is 0 Å². The largest absolute Gasteiger partial charge is 0.494 e. The zero-order valence-corrected chi connectivity index (χ0v) is 49.0. The van der Waals surface area contributed by atoms with Crippen LogP contribution in [0.2, 0.25) is 0 Å². The van der Waals surface area contributed by atoms with E-state index in [0.717, 1.165) is 37.0 Å². The molecule has 466 valence electrons. The lowest BCUT2D eigenvalue weighted by Crippen LogP contribution is -2.61. The molecule has 2 aromatic rings. The third kappa shape index (κ3) is 18.5. The molecule has 12 N–H and O–H groups in total. The van der Waals surface area contributed by atoms with Crippen LogP contribution in [-0.4, -0.2) is 193 Å². The Labute approximate surface area is 493 Å². The minimum absolute atomic E-state index is 0.104. The van der Waals surface area contributed by atoms with E-state index in [1.165, 1.54) is 24.0 Å². The number of ether oxygens (including phenoxy) is 1. The minimum Gasteiger partial charge on any atom is -0.494 e. The van der Waals surface area contributed by atoms with Crippen LogP contribution in [0.15, 0.2) is 35.4 Å². The molecule has 6 rings (SSSR count). The SMILES string of the molecule is CC[C@H](C)[C@@H]1NC(=O)CNC(=O)[C@H]2Cc3c([nH]c4cc(OCCCCCCCC(=O)CCCCCN5C(=O)C=CC5=O)ccc34)S(=O)C[C@H](NC(=O)CNC1=O)C(=O)C[C@@H](CC(N)=O)C(=O)N1C[C@H](O)C[C@H]1C(=O)N[C@@H]([C@@H](C)[C@@H](O)CO)C(=O)N2. The van der Waals surface area contributed by atoms with Crippen LogP contribution < -0.4 is 42.4 Å². The van der Waals surface area contributed by atoms with Crippen LogP contribution in [0, 0.1) is 17.8 Å². The maximum Gasteiger partial charge on any atom is 0.253 e. The van der Waals surface area contributed by atoms with Crippen molar-refractivity contribution in [3.63, 3.8) is 0 Å². The van der Waals surface area contributed by atoms with Crippen molar-refractivity contribution < 1.29 is 81.8 Å². The van der Waals surface area contributed by atoms with Gasteiger partial charge in [0.05, 0.1) is 72.5 Å². The summed E-state index contributed by atoms with van der Waals surface area (Å²) >= 11 is 0. The van der Waals surface area contributed by atoms with Gasteiger partial charge in [0.1, 0.15) is 40.7 Å². The average Bonchev–Trinajstić information content (AvgIpc) is 3.54. The summed E-state index contributed by atoms with van der Waals surface area (Å²) in [6.07, 6.45) is 4.09. The second-order valence-corrected chi connectivity index (χ2v) is 23.7.